The number of benzene rings is 1. The quantitative estimate of drug-likeness (QED) is 0.762. The van der Waals surface area contributed by atoms with Gasteiger partial charge in [0, 0.05) is 11.1 Å². The molecule has 0 bridgehead atoms. The summed E-state index contributed by atoms with van der Waals surface area (Å²) in [6, 6.07) is 5.16. The van der Waals surface area contributed by atoms with Crippen LogP contribution in [-0.2, 0) is 17.6 Å². The number of piperidine rings is 1. The molecule has 1 saturated heterocycles. The molecule has 1 aliphatic heterocycles. The Kier molecular flexibility index (Phi) is 4.60. The van der Waals surface area contributed by atoms with E-state index in [-0.39, 0.29) is 17.7 Å². The van der Waals surface area contributed by atoms with Gasteiger partial charge in [-0.25, -0.2) is 0 Å². The monoisotopic (exact) mass is 315 g/mol. The fourth-order valence-corrected chi connectivity index (χ4v) is 3.25. The van der Waals surface area contributed by atoms with Crippen LogP contribution in [0.5, 0.6) is 0 Å². The second-order valence-electron chi connectivity index (χ2n) is 7.24. The molecular weight excluding hydrogens is 291 g/mol. The molecule has 0 aromatic heterocycles. The van der Waals surface area contributed by atoms with Crippen molar-refractivity contribution >= 4 is 0 Å². The zero-order chi connectivity index (χ0) is 16.6. The van der Waals surface area contributed by atoms with Gasteiger partial charge in [0.1, 0.15) is 0 Å². The third kappa shape index (κ3) is 3.82. The molecular formula is C17H24F3NO. The Morgan fingerprint density at radius 1 is 1.00 bits per heavy atom. The Morgan fingerprint density at radius 3 is 1.95 bits per heavy atom. The molecule has 1 aromatic rings. The Morgan fingerprint density at radius 2 is 1.50 bits per heavy atom. The number of hydroxylamine groups is 2. The van der Waals surface area contributed by atoms with E-state index in [1.807, 2.05) is 5.06 Å². The first-order valence-corrected chi connectivity index (χ1v) is 7.62. The van der Waals surface area contributed by atoms with Crippen LogP contribution in [0.4, 0.5) is 13.2 Å². The third-order valence-electron chi connectivity index (χ3n) is 4.32. The van der Waals surface area contributed by atoms with Gasteiger partial charge in [-0.05, 0) is 64.7 Å². The van der Waals surface area contributed by atoms with Gasteiger partial charge in [-0.15, -0.1) is 0 Å². The largest absolute Gasteiger partial charge is 0.416 e. The van der Waals surface area contributed by atoms with Gasteiger partial charge in [0.05, 0.1) is 12.2 Å². The van der Waals surface area contributed by atoms with Crippen LogP contribution < -0.4 is 0 Å². The van der Waals surface area contributed by atoms with Crippen LogP contribution in [0.25, 0.3) is 0 Å². The van der Waals surface area contributed by atoms with Crippen molar-refractivity contribution in [2.45, 2.75) is 70.8 Å². The maximum atomic E-state index is 12.6. The third-order valence-corrected chi connectivity index (χ3v) is 4.32. The lowest BCUT2D eigenvalue weighted by atomic mass is 9.82. The molecule has 0 amide bonds. The highest BCUT2D eigenvalue weighted by atomic mass is 19.4. The van der Waals surface area contributed by atoms with Gasteiger partial charge >= 0.3 is 6.18 Å². The first-order valence-electron chi connectivity index (χ1n) is 7.62. The first kappa shape index (κ1) is 17.3. The van der Waals surface area contributed by atoms with E-state index in [4.69, 9.17) is 4.84 Å². The lowest BCUT2D eigenvalue weighted by Crippen LogP contribution is -2.58. The van der Waals surface area contributed by atoms with Crippen LogP contribution in [0.3, 0.4) is 0 Å². The second-order valence-corrected chi connectivity index (χ2v) is 7.24. The standard InChI is InChI=1S/C17H24F3NO/c1-15(2)10-5-11-16(3,4)21(15)22-12-13-6-8-14(9-7-13)17(18,19)20/h6-9H,5,10-12H2,1-4H3. The molecule has 1 fully saturated rings. The minimum Gasteiger partial charge on any atom is -0.293 e. The topological polar surface area (TPSA) is 12.5 Å². The minimum absolute atomic E-state index is 0.0757. The normalized spacial score (nSPS) is 21.8. The lowest BCUT2D eigenvalue weighted by Gasteiger charge is -2.51. The minimum atomic E-state index is -4.30. The second kappa shape index (κ2) is 5.85. The van der Waals surface area contributed by atoms with Crippen LogP contribution in [0.15, 0.2) is 24.3 Å². The molecule has 22 heavy (non-hydrogen) atoms. The highest BCUT2D eigenvalue weighted by Gasteiger charge is 2.42. The lowest BCUT2D eigenvalue weighted by molar-refractivity contribution is -0.288. The Hall–Kier alpha value is -1.07. The van der Waals surface area contributed by atoms with E-state index < -0.39 is 11.7 Å². The van der Waals surface area contributed by atoms with Gasteiger partial charge in [-0.3, -0.25) is 4.84 Å². The van der Waals surface area contributed by atoms with Crippen molar-refractivity contribution in [2.24, 2.45) is 0 Å². The van der Waals surface area contributed by atoms with Crippen molar-refractivity contribution in [3.63, 3.8) is 0 Å². The summed E-state index contributed by atoms with van der Waals surface area (Å²) in [5.41, 5.74) is -0.0403. The molecule has 1 aliphatic rings. The van der Waals surface area contributed by atoms with Crippen molar-refractivity contribution in [3.8, 4) is 0 Å². The zero-order valence-corrected chi connectivity index (χ0v) is 13.6. The van der Waals surface area contributed by atoms with Crippen molar-refractivity contribution in [2.75, 3.05) is 0 Å². The molecule has 0 atom stereocenters. The molecule has 0 saturated carbocycles. The molecule has 1 aromatic carbocycles. The molecule has 0 spiro atoms. The first-order chi connectivity index (χ1) is 10.0. The molecule has 5 heteroatoms. The summed E-state index contributed by atoms with van der Waals surface area (Å²) < 4.78 is 37.7. The molecule has 0 radical (unpaired) electrons. The Balaban J connectivity index is 2.05. The van der Waals surface area contributed by atoms with Crippen LogP contribution >= 0.6 is 0 Å². The number of rotatable bonds is 3. The average molecular weight is 315 g/mol. The van der Waals surface area contributed by atoms with E-state index >= 15 is 0 Å². The summed E-state index contributed by atoms with van der Waals surface area (Å²) in [6.07, 6.45) is -1.05. The number of hydrogen-bond donors (Lipinski definition) is 0. The van der Waals surface area contributed by atoms with E-state index in [0.29, 0.717) is 0 Å². The van der Waals surface area contributed by atoms with Gasteiger partial charge in [0.15, 0.2) is 0 Å². The molecule has 2 nitrogen and oxygen atoms in total. The summed E-state index contributed by atoms with van der Waals surface area (Å²) in [4.78, 5) is 5.98. The van der Waals surface area contributed by atoms with E-state index in [2.05, 4.69) is 27.7 Å². The predicted octanol–water partition coefficient (Wildman–Crippen LogP) is 5.18. The van der Waals surface area contributed by atoms with Gasteiger partial charge < -0.3 is 0 Å². The Bertz CT molecular complexity index is 490. The van der Waals surface area contributed by atoms with Crippen LogP contribution in [0, 0.1) is 0 Å². The molecule has 0 unspecified atom stereocenters. The van der Waals surface area contributed by atoms with E-state index in [1.54, 1.807) is 0 Å². The molecule has 0 N–H and O–H groups in total. The molecule has 1 heterocycles. The van der Waals surface area contributed by atoms with Crippen molar-refractivity contribution in [1.29, 1.82) is 0 Å². The van der Waals surface area contributed by atoms with Crippen molar-refractivity contribution in [1.82, 2.24) is 5.06 Å². The van der Waals surface area contributed by atoms with Crippen molar-refractivity contribution in [3.05, 3.63) is 35.4 Å². The zero-order valence-electron chi connectivity index (χ0n) is 13.6. The fraction of sp³-hybridized carbons (Fsp3) is 0.647. The van der Waals surface area contributed by atoms with E-state index in [1.165, 1.54) is 12.1 Å². The van der Waals surface area contributed by atoms with Crippen LogP contribution in [0.2, 0.25) is 0 Å². The SMILES string of the molecule is CC1(C)CCCC(C)(C)N1OCc1ccc(C(F)(F)F)cc1. The average Bonchev–Trinajstić information content (AvgIpc) is 2.36. The highest BCUT2D eigenvalue weighted by molar-refractivity contribution is 5.24. The van der Waals surface area contributed by atoms with E-state index in [9.17, 15) is 13.2 Å². The summed E-state index contributed by atoms with van der Waals surface area (Å²) in [7, 11) is 0. The number of nitrogens with zero attached hydrogens (tertiary/aromatic N) is 1. The predicted molar refractivity (Wildman–Crippen MR) is 80.1 cm³/mol. The van der Waals surface area contributed by atoms with E-state index in [0.717, 1.165) is 37.0 Å². The summed E-state index contributed by atoms with van der Waals surface area (Å²) >= 11 is 0. The van der Waals surface area contributed by atoms with Gasteiger partial charge in [-0.1, -0.05) is 12.1 Å². The highest BCUT2D eigenvalue weighted by Crippen LogP contribution is 2.38. The van der Waals surface area contributed by atoms with Gasteiger partial charge in [-0.2, -0.15) is 18.2 Å². The fourth-order valence-electron chi connectivity index (χ4n) is 3.25. The summed E-state index contributed by atoms with van der Waals surface area (Å²) in [5, 5.41) is 2.02. The molecule has 2 rings (SSSR count). The van der Waals surface area contributed by atoms with Gasteiger partial charge in [0.25, 0.3) is 0 Å². The Labute approximate surface area is 130 Å². The smallest absolute Gasteiger partial charge is 0.293 e. The summed E-state index contributed by atoms with van der Waals surface area (Å²) in [5.74, 6) is 0. The number of halogens is 3. The van der Waals surface area contributed by atoms with Crippen LogP contribution in [-0.4, -0.2) is 16.1 Å². The van der Waals surface area contributed by atoms with Crippen molar-refractivity contribution < 1.29 is 18.0 Å². The molecule has 124 valence electrons. The maximum Gasteiger partial charge on any atom is 0.416 e. The van der Waals surface area contributed by atoms with Crippen LogP contribution in [0.1, 0.15) is 58.1 Å². The van der Waals surface area contributed by atoms with Gasteiger partial charge in [0.2, 0.25) is 0 Å². The maximum absolute atomic E-state index is 12.6. The number of alkyl halides is 3. The number of hydrogen-bond acceptors (Lipinski definition) is 2. The molecule has 0 aliphatic carbocycles. The summed E-state index contributed by atoms with van der Waals surface area (Å²) in [6.45, 7) is 8.84.